The molecule has 3 N–H and O–H groups in total. The average molecular weight is 273 g/mol. The monoisotopic (exact) mass is 273 g/mol. The van der Waals surface area contributed by atoms with Crippen LogP contribution < -0.4 is 5.73 Å². The van der Waals surface area contributed by atoms with Crippen LogP contribution in [0.2, 0.25) is 0 Å². The van der Waals surface area contributed by atoms with Crippen molar-refractivity contribution in [2.45, 2.75) is 32.6 Å². The minimum atomic E-state index is 0.145. The van der Waals surface area contributed by atoms with E-state index in [1.165, 1.54) is 5.56 Å². The summed E-state index contributed by atoms with van der Waals surface area (Å²) in [7, 11) is 0. The second kappa shape index (κ2) is 6.48. The van der Waals surface area contributed by atoms with Crippen LogP contribution in [-0.4, -0.2) is 10.8 Å². The predicted octanol–water partition coefficient (Wildman–Crippen LogP) is 3.16. The van der Waals surface area contributed by atoms with Gasteiger partial charge in [0.25, 0.3) is 0 Å². The predicted molar refractivity (Wildman–Crippen MR) is 81.0 cm³/mol. The van der Waals surface area contributed by atoms with E-state index in [9.17, 15) is 0 Å². The number of aryl methyl sites for hydroxylation is 3. The minimum absolute atomic E-state index is 0.145. The molecule has 0 unspecified atom stereocenters. The number of nitrogens with one attached hydrogen (secondary N) is 1. The van der Waals surface area contributed by atoms with Gasteiger partial charge in [0, 0.05) is 6.42 Å². The van der Waals surface area contributed by atoms with E-state index in [2.05, 4.69) is 36.2 Å². The lowest BCUT2D eigenvalue weighted by Gasteiger charge is -1.97. The van der Waals surface area contributed by atoms with Crippen LogP contribution in [0.3, 0.4) is 0 Å². The highest BCUT2D eigenvalue weighted by molar-refractivity contribution is 7.13. The van der Waals surface area contributed by atoms with E-state index < -0.39 is 0 Å². The third kappa shape index (κ3) is 3.64. The summed E-state index contributed by atoms with van der Waals surface area (Å²) >= 11 is 1.57. The molecular formula is C15H19N3S. The van der Waals surface area contributed by atoms with Crippen molar-refractivity contribution < 1.29 is 0 Å². The third-order valence-electron chi connectivity index (χ3n) is 2.94. The highest BCUT2D eigenvalue weighted by Crippen LogP contribution is 2.21. The van der Waals surface area contributed by atoms with Crippen molar-refractivity contribution in [3.8, 4) is 0 Å². The second-order valence-electron chi connectivity index (χ2n) is 4.53. The van der Waals surface area contributed by atoms with Gasteiger partial charge in [0.15, 0.2) is 0 Å². The number of thiazole rings is 1. The molecule has 2 aromatic rings. The van der Waals surface area contributed by atoms with Gasteiger partial charge in [-0.25, -0.2) is 4.98 Å². The maximum absolute atomic E-state index is 7.61. The van der Waals surface area contributed by atoms with Gasteiger partial charge in [-0.05, 0) is 18.4 Å². The fourth-order valence-corrected chi connectivity index (χ4v) is 2.99. The van der Waals surface area contributed by atoms with Crippen molar-refractivity contribution in [1.82, 2.24) is 4.98 Å². The highest BCUT2D eigenvalue weighted by Gasteiger charge is 2.12. The molecule has 0 aliphatic rings. The van der Waals surface area contributed by atoms with Crippen molar-refractivity contribution >= 4 is 17.2 Å². The lowest BCUT2D eigenvalue weighted by molar-refractivity contribution is 0.865. The SMILES string of the molecule is CCCc1nc(CCc2ccccc2)sc1C(=N)N. The summed E-state index contributed by atoms with van der Waals surface area (Å²) in [5.41, 5.74) is 7.93. The van der Waals surface area contributed by atoms with E-state index in [4.69, 9.17) is 11.1 Å². The lowest BCUT2D eigenvalue weighted by Crippen LogP contribution is -2.11. The van der Waals surface area contributed by atoms with Crippen LogP contribution in [0, 0.1) is 5.41 Å². The molecule has 0 fully saturated rings. The number of aromatic nitrogens is 1. The van der Waals surface area contributed by atoms with Gasteiger partial charge >= 0.3 is 0 Å². The Hall–Kier alpha value is -1.68. The molecule has 0 spiro atoms. The van der Waals surface area contributed by atoms with Crippen LogP contribution in [0.5, 0.6) is 0 Å². The molecule has 0 amide bonds. The van der Waals surface area contributed by atoms with Gasteiger partial charge in [-0.3, -0.25) is 5.41 Å². The molecule has 0 saturated carbocycles. The van der Waals surface area contributed by atoms with Crippen LogP contribution in [0.1, 0.15) is 34.5 Å². The van der Waals surface area contributed by atoms with E-state index in [1.54, 1.807) is 11.3 Å². The standard InChI is InChI=1S/C15H19N3S/c1-2-6-12-14(15(16)17)19-13(18-12)10-9-11-7-4-3-5-8-11/h3-5,7-8H,2,6,9-10H2,1H3,(H3,16,17). The maximum Gasteiger partial charge on any atom is 0.135 e. The first-order valence-corrected chi connectivity index (χ1v) is 7.39. The number of nitrogen functional groups attached to an aromatic ring is 1. The van der Waals surface area contributed by atoms with Gasteiger partial charge in [0.05, 0.1) is 15.6 Å². The normalized spacial score (nSPS) is 10.6. The number of hydrogen-bond acceptors (Lipinski definition) is 3. The Kier molecular flexibility index (Phi) is 4.68. The van der Waals surface area contributed by atoms with Crippen molar-refractivity contribution in [1.29, 1.82) is 5.41 Å². The summed E-state index contributed by atoms with van der Waals surface area (Å²) in [6.07, 6.45) is 3.83. The zero-order valence-corrected chi connectivity index (χ0v) is 12.0. The number of amidine groups is 1. The second-order valence-corrected chi connectivity index (χ2v) is 5.62. The van der Waals surface area contributed by atoms with Crippen molar-refractivity contribution in [2.75, 3.05) is 0 Å². The smallest absolute Gasteiger partial charge is 0.135 e. The lowest BCUT2D eigenvalue weighted by atomic mass is 10.1. The Morgan fingerprint density at radius 1 is 1.21 bits per heavy atom. The molecule has 0 atom stereocenters. The molecule has 4 heteroatoms. The van der Waals surface area contributed by atoms with Crippen LogP contribution >= 0.6 is 11.3 Å². The zero-order valence-electron chi connectivity index (χ0n) is 11.1. The van der Waals surface area contributed by atoms with E-state index in [0.717, 1.165) is 41.3 Å². The third-order valence-corrected chi connectivity index (χ3v) is 4.13. The van der Waals surface area contributed by atoms with Crippen LogP contribution in [0.4, 0.5) is 0 Å². The summed E-state index contributed by atoms with van der Waals surface area (Å²) < 4.78 is 0. The van der Waals surface area contributed by atoms with E-state index in [1.807, 2.05) is 6.07 Å². The molecule has 1 aromatic heterocycles. The fraction of sp³-hybridized carbons (Fsp3) is 0.333. The number of hydrogen-bond donors (Lipinski definition) is 2. The van der Waals surface area contributed by atoms with E-state index in [-0.39, 0.29) is 5.84 Å². The Morgan fingerprint density at radius 3 is 2.58 bits per heavy atom. The number of benzene rings is 1. The van der Waals surface area contributed by atoms with Gasteiger partial charge in [0.1, 0.15) is 5.84 Å². The fourth-order valence-electron chi connectivity index (χ4n) is 2.02. The summed E-state index contributed by atoms with van der Waals surface area (Å²) in [6, 6.07) is 10.4. The van der Waals surface area contributed by atoms with Gasteiger partial charge in [-0.15, -0.1) is 11.3 Å². The van der Waals surface area contributed by atoms with Gasteiger partial charge < -0.3 is 5.73 Å². The van der Waals surface area contributed by atoms with E-state index in [0.29, 0.717) is 0 Å². The Labute approximate surface area is 118 Å². The summed E-state index contributed by atoms with van der Waals surface area (Å²) in [5, 5.41) is 8.69. The Morgan fingerprint density at radius 2 is 1.95 bits per heavy atom. The molecule has 0 aliphatic heterocycles. The summed E-state index contributed by atoms with van der Waals surface area (Å²) in [4.78, 5) is 5.49. The molecule has 1 heterocycles. The highest BCUT2D eigenvalue weighted by atomic mass is 32.1. The first-order valence-electron chi connectivity index (χ1n) is 6.57. The average Bonchev–Trinajstić information content (AvgIpc) is 2.81. The number of rotatable bonds is 6. The molecule has 100 valence electrons. The minimum Gasteiger partial charge on any atom is -0.383 e. The van der Waals surface area contributed by atoms with Gasteiger partial charge in [-0.2, -0.15) is 0 Å². The quantitative estimate of drug-likeness (QED) is 0.627. The maximum atomic E-state index is 7.61. The number of nitrogens with two attached hydrogens (primary N) is 1. The van der Waals surface area contributed by atoms with Crippen molar-refractivity contribution in [3.63, 3.8) is 0 Å². The van der Waals surface area contributed by atoms with Crippen molar-refractivity contribution in [2.24, 2.45) is 5.73 Å². The summed E-state index contributed by atoms with van der Waals surface area (Å²) in [6.45, 7) is 2.12. The van der Waals surface area contributed by atoms with Crippen molar-refractivity contribution in [3.05, 3.63) is 51.5 Å². The van der Waals surface area contributed by atoms with Gasteiger partial charge in [-0.1, -0.05) is 43.7 Å². The Balaban J connectivity index is 2.08. The molecule has 19 heavy (non-hydrogen) atoms. The van der Waals surface area contributed by atoms with Crippen LogP contribution in [-0.2, 0) is 19.3 Å². The topological polar surface area (TPSA) is 62.8 Å². The summed E-state index contributed by atoms with van der Waals surface area (Å²) in [5.74, 6) is 0.145. The first kappa shape index (κ1) is 13.7. The largest absolute Gasteiger partial charge is 0.383 e. The molecular weight excluding hydrogens is 254 g/mol. The van der Waals surface area contributed by atoms with Gasteiger partial charge in [0.2, 0.25) is 0 Å². The Bertz CT molecular complexity index is 546. The van der Waals surface area contributed by atoms with E-state index >= 15 is 0 Å². The molecule has 0 saturated heterocycles. The molecule has 3 nitrogen and oxygen atoms in total. The van der Waals surface area contributed by atoms with Crippen LogP contribution in [0.25, 0.3) is 0 Å². The molecule has 2 rings (SSSR count). The molecule has 1 aromatic carbocycles. The molecule has 0 bridgehead atoms. The zero-order chi connectivity index (χ0) is 13.7. The molecule has 0 radical (unpaired) electrons. The number of nitrogens with zero attached hydrogens (tertiary/aromatic N) is 1. The molecule has 0 aliphatic carbocycles. The first-order chi connectivity index (χ1) is 9.20. The van der Waals surface area contributed by atoms with Crippen LogP contribution in [0.15, 0.2) is 30.3 Å².